The largest absolute Gasteiger partial charge is 0.488 e. The summed E-state index contributed by atoms with van der Waals surface area (Å²) >= 11 is 0. The predicted molar refractivity (Wildman–Crippen MR) is 137 cm³/mol. The minimum absolute atomic E-state index is 0. The molecule has 0 spiro atoms. The van der Waals surface area contributed by atoms with E-state index in [9.17, 15) is 0 Å². The number of rotatable bonds is 7. The van der Waals surface area contributed by atoms with Gasteiger partial charge < -0.3 is 20.1 Å². The van der Waals surface area contributed by atoms with Crippen LogP contribution in [-0.2, 0) is 17.8 Å². The first-order valence-electron chi connectivity index (χ1n) is 10.6. The van der Waals surface area contributed by atoms with E-state index in [1.54, 1.807) is 7.05 Å². The van der Waals surface area contributed by atoms with Crippen molar-refractivity contribution in [2.24, 2.45) is 4.99 Å². The van der Waals surface area contributed by atoms with Gasteiger partial charge in [0.25, 0.3) is 0 Å². The van der Waals surface area contributed by atoms with Gasteiger partial charge >= 0.3 is 0 Å². The molecular formula is C24H30IN5O2. The van der Waals surface area contributed by atoms with Crippen LogP contribution in [0.3, 0.4) is 0 Å². The summed E-state index contributed by atoms with van der Waals surface area (Å²) in [5.74, 6) is 1.63. The van der Waals surface area contributed by atoms with Crippen molar-refractivity contribution < 1.29 is 9.47 Å². The highest BCUT2D eigenvalue weighted by Crippen LogP contribution is 2.23. The molecule has 0 aliphatic carbocycles. The van der Waals surface area contributed by atoms with E-state index in [0.717, 1.165) is 41.6 Å². The topological polar surface area (TPSA) is 72.7 Å². The molecule has 1 saturated heterocycles. The lowest BCUT2D eigenvalue weighted by atomic mass is 10.1. The van der Waals surface area contributed by atoms with Gasteiger partial charge in [-0.2, -0.15) is 5.10 Å². The molecule has 1 unspecified atom stereocenters. The smallest absolute Gasteiger partial charge is 0.191 e. The monoisotopic (exact) mass is 547 g/mol. The number of benzene rings is 2. The fraction of sp³-hybridized carbons (Fsp3) is 0.333. The van der Waals surface area contributed by atoms with Crippen LogP contribution in [0.1, 0.15) is 23.1 Å². The second kappa shape index (κ2) is 11.9. The van der Waals surface area contributed by atoms with E-state index in [1.807, 2.05) is 47.4 Å². The number of nitrogens with zero attached hydrogens (tertiary/aromatic N) is 3. The molecule has 7 nitrogen and oxygen atoms in total. The Balaban J connectivity index is 0.00000289. The van der Waals surface area contributed by atoms with Crippen LogP contribution in [0.15, 0.2) is 65.9 Å². The third kappa shape index (κ3) is 6.46. The van der Waals surface area contributed by atoms with Gasteiger partial charge in [0.1, 0.15) is 11.9 Å². The van der Waals surface area contributed by atoms with Gasteiger partial charge in [0.05, 0.1) is 25.1 Å². The fourth-order valence-corrected chi connectivity index (χ4v) is 3.46. The Morgan fingerprint density at radius 3 is 2.75 bits per heavy atom. The minimum atomic E-state index is 0. The molecule has 4 rings (SSSR count). The highest BCUT2D eigenvalue weighted by atomic mass is 127. The molecule has 2 heterocycles. The Hall–Kier alpha value is -2.59. The molecule has 1 aliphatic heterocycles. The second-order valence-electron chi connectivity index (χ2n) is 7.62. The normalized spacial score (nSPS) is 15.8. The third-order valence-electron chi connectivity index (χ3n) is 5.19. The number of hydrogen-bond donors (Lipinski definition) is 2. The molecular weight excluding hydrogens is 517 g/mol. The predicted octanol–water partition coefficient (Wildman–Crippen LogP) is 3.83. The lowest BCUT2D eigenvalue weighted by Gasteiger charge is -2.18. The number of aromatic nitrogens is 2. The summed E-state index contributed by atoms with van der Waals surface area (Å²) < 4.78 is 13.5. The van der Waals surface area contributed by atoms with Crippen molar-refractivity contribution in [1.82, 2.24) is 20.4 Å². The summed E-state index contributed by atoms with van der Waals surface area (Å²) in [7, 11) is 1.77. The number of para-hydroxylation sites is 1. The maximum atomic E-state index is 6.19. The van der Waals surface area contributed by atoms with Crippen molar-refractivity contribution in [3.8, 4) is 11.4 Å². The Morgan fingerprint density at radius 1 is 1.19 bits per heavy atom. The second-order valence-corrected chi connectivity index (χ2v) is 7.62. The Morgan fingerprint density at radius 2 is 2.00 bits per heavy atom. The van der Waals surface area contributed by atoms with E-state index < -0.39 is 0 Å². The van der Waals surface area contributed by atoms with Gasteiger partial charge in [-0.1, -0.05) is 30.3 Å². The van der Waals surface area contributed by atoms with Crippen LogP contribution >= 0.6 is 24.0 Å². The zero-order valence-electron chi connectivity index (χ0n) is 18.5. The van der Waals surface area contributed by atoms with Crippen molar-refractivity contribution in [2.45, 2.75) is 32.5 Å². The van der Waals surface area contributed by atoms with Crippen molar-refractivity contribution in [3.63, 3.8) is 0 Å². The van der Waals surface area contributed by atoms with Crippen molar-refractivity contribution in [3.05, 3.63) is 77.6 Å². The van der Waals surface area contributed by atoms with Crippen LogP contribution in [0.4, 0.5) is 0 Å². The molecule has 1 fully saturated rings. The number of guanidine groups is 1. The maximum absolute atomic E-state index is 6.19. The molecule has 32 heavy (non-hydrogen) atoms. The van der Waals surface area contributed by atoms with Crippen LogP contribution in [0.25, 0.3) is 5.69 Å². The number of aryl methyl sites for hydroxylation is 1. The lowest BCUT2D eigenvalue weighted by Crippen LogP contribution is -2.36. The molecule has 0 bridgehead atoms. The van der Waals surface area contributed by atoms with E-state index >= 15 is 0 Å². The molecule has 1 aromatic heterocycles. The first-order valence-corrected chi connectivity index (χ1v) is 10.6. The van der Waals surface area contributed by atoms with Crippen molar-refractivity contribution >= 4 is 29.9 Å². The zero-order valence-corrected chi connectivity index (χ0v) is 20.8. The van der Waals surface area contributed by atoms with E-state index in [1.165, 1.54) is 5.56 Å². The van der Waals surface area contributed by atoms with Crippen LogP contribution in [-0.4, -0.2) is 42.1 Å². The molecule has 3 aromatic rings. The molecule has 0 amide bonds. The van der Waals surface area contributed by atoms with E-state index in [4.69, 9.17) is 9.47 Å². The average Bonchev–Trinajstić information content (AvgIpc) is 3.48. The van der Waals surface area contributed by atoms with Crippen LogP contribution in [0.5, 0.6) is 5.75 Å². The van der Waals surface area contributed by atoms with Crippen LogP contribution in [0, 0.1) is 6.92 Å². The van der Waals surface area contributed by atoms with Gasteiger partial charge in [-0.25, -0.2) is 4.68 Å². The molecule has 2 N–H and O–H groups in total. The third-order valence-corrected chi connectivity index (χ3v) is 5.19. The average molecular weight is 547 g/mol. The van der Waals surface area contributed by atoms with Crippen LogP contribution < -0.4 is 15.4 Å². The van der Waals surface area contributed by atoms with Crippen molar-refractivity contribution in [2.75, 3.05) is 20.3 Å². The first-order chi connectivity index (χ1) is 15.2. The number of nitrogens with one attached hydrogen (secondary N) is 2. The minimum Gasteiger partial charge on any atom is -0.488 e. The van der Waals surface area contributed by atoms with Gasteiger partial charge in [-0.05, 0) is 30.7 Å². The summed E-state index contributed by atoms with van der Waals surface area (Å²) in [5, 5.41) is 11.2. The summed E-state index contributed by atoms with van der Waals surface area (Å²) in [4.78, 5) is 4.34. The Kier molecular flexibility index (Phi) is 8.92. The number of halogens is 1. The van der Waals surface area contributed by atoms with Gasteiger partial charge in [0, 0.05) is 43.9 Å². The van der Waals surface area contributed by atoms with Crippen molar-refractivity contribution in [1.29, 1.82) is 0 Å². The molecule has 170 valence electrons. The molecule has 0 saturated carbocycles. The van der Waals surface area contributed by atoms with Gasteiger partial charge in [0.2, 0.25) is 0 Å². The summed E-state index contributed by atoms with van der Waals surface area (Å²) in [5.41, 5.74) is 4.39. The first kappa shape index (κ1) is 24.1. The highest BCUT2D eigenvalue weighted by Gasteiger charge is 2.18. The van der Waals surface area contributed by atoms with E-state index in [-0.39, 0.29) is 30.1 Å². The van der Waals surface area contributed by atoms with Gasteiger partial charge in [-0.15, -0.1) is 24.0 Å². The van der Waals surface area contributed by atoms with E-state index in [0.29, 0.717) is 19.7 Å². The number of ether oxygens (including phenoxy) is 2. The molecule has 8 heteroatoms. The zero-order chi connectivity index (χ0) is 21.5. The molecule has 1 aliphatic rings. The standard InChI is InChI=1S/C24H29N5O2.HI/c1-18-8-9-20(23(12-18)31-22-10-11-30-17-22)15-27-24(25-2)26-13-19-14-28-29(16-19)21-6-4-3-5-7-21;/h3-9,12,14,16,22H,10-11,13,15,17H2,1-2H3,(H2,25,26,27);1H. The fourth-order valence-electron chi connectivity index (χ4n) is 3.46. The Bertz CT molecular complexity index is 1020. The summed E-state index contributed by atoms with van der Waals surface area (Å²) in [6.07, 6.45) is 4.94. The Labute approximate surface area is 206 Å². The van der Waals surface area contributed by atoms with E-state index in [2.05, 4.69) is 45.8 Å². The summed E-state index contributed by atoms with van der Waals surface area (Å²) in [6.45, 7) is 4.74. The quantitative estimate of drug-likeness (QED) is 0.267. The summed E-state index contributed by atoms with van der Waals surface area (Å²) in [6, 6.07) is 16.4. The molecule has 0 radical (unpaired) electrons. The number of aliphatic imine (C=N–C) groups is 1. The lowest BCUT2D eigenvalue weighted by molar-refractivity contribution is 0.140. The van der Waals surface area contributed by atoms with Gasteiger partial charge in [0.15, 0.2) is 5.96 Å². The maximum Gasteiger partial charge on any atom is 0.191 e. The highest BCUT2D eigenvalue weighted by molar-refractivity contribution is 14.0. The van der Waals surface area contributed by atoms with Crippen LogP contribution in [0.2, 0.25) is 0 Å². The van der Waals surface area contributed by atoms with Gasteiger partial charge in [-0.3, -0.25) is 4.99 Å². The molecule has 2 aromatic carbocycles. The SMILES string of the molecule is CN=C(NCc1cnn(-c2ccccc2)c1)NCc1ccc(C)cc1OC1CCOC1.I. The molecule has 1 atom stereocenters. The number of hydrogen-bond acceptors (Lipinski definition) is 4.